The van der Waals surface area contributed by atoms with Crippen LogP contribution in [0.15, 0.2) is 24.5 Å². The molecule has 0 amide bonds. The van der Waals surface area contributed by atoms with Gasteiger partial charge in [0.2, 0.25) is 0 Å². The molecule has 3 heterocycles. The highest BCUT2D eigenvalue weighted by Crippen LogP contribution is 2.24. The van der Waals surface area contributed by atoms with E-state index in [1.54, 1.807) is 10.6 Å². The minimum atomic E-state index is 0.320. The van der Waals surface area contributed by atoms with Crippen molar-refractivity contribution in [1.82, 2.24) is 24.4 Å². The molecule has 3 aromatic rings. The minimum absolute atomic E-state index is 0.320. The largest absolute Gasteiger partial charge is 0.364 e. The summed E-state index contributed by atoms with van der Waals surface area (Å²) in [6, 6.07) is 4.12. The second-order valence-electron chi connectivity index (χ2n) is 6.17. The normalized spacial score (nSPS) is 11.8. The van der Waals surface area contributed by atoms with Gasteiger partial charge in [-0.25, -0.2) is 4.98 Å². The average Bonchev–Trinajstić information content (AvgIpc) is 3.10. The van der Waals surface area contributed by atoms with Crippen molar-refractivity contribution in [2.75, 3.05) is 5.32 Å². The van der Waals surface area contributed by atoms with Crippen molar-refractivity contribution in [3.05, 3.63) is 40.9 Å². The van der Waals surface area contributed by atoms with Gasteiger partial charge in [-0.2, -0.15) is 14.7 Å². The number of anilines is 1. The number of hydrogen-bond donors (Lipinski definition) is 1. The summed E-state index contributed by atoms with van der Waals surface area (Å²) in [6.45, 7) is 9.10. The fraction of sp³-hybridized carbons (Fsp3) is 0.438. The molecule has 1 N–H and O–H groups in total. The molecule has 0 atom stereocenters. The lowest BCUT2D eigenvalue weighted by Crippen LogP contribution is -2.12. The Kier molecular flexibility index (Phi) is 4.26. The van der Waals surface area contributed by atoms with Crippen LogP contribution in [-0.2, 0) is 6.54 Å². The van der Waals surface area contributed by atoms with Crippen LogP contribution in [0.5, 0.6) is 0 Å². The number of hydrogen-bond acceptors (Lipinski definition) is 4. The number of nitrogens with one attached hydrogen (secondary N) is 1. The van der Waals surface area contributed by atoms with Gasteiger partial charge in [-0.05, 0) is 25.8 Å². The zero-order valence-electron chi connectivity index (χ0n) is 13.8. The van der Waals surface area contributed by atoms with Crippen LogP contribution in [0, 0.1) is 0 Å². The Morgan fingerprint density at radius 1 is 1.22 bits per heavy atom. The van der Waals surface area contributed by atoms with Crippen LogP contribution < -0.4 is 5.32 Å². The molecular formula is C16H21ClN6. The molecule has 0 saturated carbocycles. The maximum absolute atomic E-state index is 6.19. The number of fused-ring (bicyclic) bond motifs is 1. The lowest BCUT2D eigenvalue weighted by Gasteiger charge is -2.13. The van der Waals surface area contributed by atoms with Gasteiger partial charge in [0, 0.05) is 23.9 Å². The molecule has 3 aromatic heterocycles. The van der Waals surface area contributed by atoms with Crippen LogP contribution in [0.4, 0.5) is 5.82 Å². The number of halogens is 1. The van der Waals surface area contributed by atoms with Crippen molar-refractivity contribution >= 4 is 23.1 Å². The van der Waals surface area contributed by atoms with Crippen molar-refractivity contribution < 1.29 is 0 Å². The minimum Gasteiger partial charge on any atom is -0.364 e. The lowest BCUT2D eigenvalue weighted by atomic mass is 10.1. The molecule has 0 spiro atoms. The third-order valence-corrected chi connectivity index (χ3v) is 3.98. The smallest absolute Gasteiger partial charge is 0.162 e. The highest BCUT2D eigenvalue weighted by molar-refractivity contribution is 6.29. The summed E-state index contributed by atoms with van der Waals surface area (Å²) in [5.41, 5.74) is 2.99. The monoisotopic (exact) mass is 332 g/mol. The zero-order valence-corrected chi connectivity index (χ0v) is 14.5. The summed E-state index contributed by atoms with van der Waals surface area (Å²) >= 11 is 6.19. The molecular weight excluding hydrogens is 312 g/mol. The Morgan fingerprint density at radius 3 is 2.70 bits per heavy atom. The Bertz CT molecular complexity index is 817. The van der Waals surface area contributed by atoms with E-state index >= 15 is 0 Å². The van der Waals surface area contributed by atoms with Gasteiger partial charge in [0.25, 0.3) is 0 Å². The summed E-state index contributed by atoms with van der Waals surface area (Å²) in [5, 5.41) is 12.7. The maximum atomic E-state index is 6.19. The molecule has 0 saturated heterocycles. The van der Waals surface area contributed by atoms with Gasteiger partial charge in [-0.15, -0.1) is 0 Å². The first-order chi connectivity index (χ1) is 11.0. The van der Waals surface area contributed by atoms with Crippen LogP contribution in [0.3, 0.4) is 0 Å². The van der Waals surface area contributed by atoms with Gasteiger partial charge in [0.05, 0.1) is 18.4 Å². The predicted octanol–water partition coefficient (Wildman–Crippen LogP) is 3.90. The van der Waals surface area contributed by atoms with E-state index in [2.05, 4.69) is 48.2 Å². The molecule has 0 aliphatic carbocycles. The summed E-state index contributed by atoms with van der Waals surface area (Å²) in [6.07, 6.45) is 3.67. The van der Waals surface area contributed by atoms with Crippen molar-refractivity contribution in [2.45, 2.75) is 46.2 Å². The first kappa shape index (κ1) is 15.8. The number of aromatic nitrogens is 5. The Morgan fingerprint density at radius 2 is 2.00 bits per heavy atom. The van der Waals surface area contributed by atoms with Gasteiger partial charge in [0.1, 0.15) is 11.0 Å². The molecule has 7 heteroatoms. The van der Waals surface area contributed by atoms with Gasteiger partial charge in [-0.3, -0.25) is 4.68 Å². The van der Waals surface area contributed by atoms with Gasteiger partial charge in [0.15, 0.2) is 5.65 Å². The maximum Gasteiger partial charge on any atom is 0.162 e. The van der Waals surface area contributed by atoms with E-state index in [4.69, 9.17) is 11.6 Å². The number of nitrogens with zero attached hydrogens (tertiary/aromatic N) is 5. The highest BCUT2D eigenvalue weighted by Gasteiger charge is 2.14. The van der Waals surface area contributed by atoms with Gasteiger partial charge < -0.3 is 5.32 Å². The van der Waals surface area contributed by atoms with Crippen molar-refractivity contribution in [1.29, 1.82) is 0 Å². The van der Waals surface area contributed by atoms with Crippen LogP contribution in [-0.4, -0.2) is 24.4 Å². The van der Waals surface area contributed by atoms with E-state index < -0.39 is 0 Å². The molecule has 0 aliphatic rings. The quantitative estimate of drug-likeness (QED) is 0.720. The molecule has 3 rings (SSSR count). The molecule has 0 radical (unpaired) electrons. The molecule has 122 valence electrons. The van der Waals surface area contributed by atoms with Crippen LogP contribution >= 0.6 is 11.6 Å². The van der Waals surface area contributed by atoms with E-state index in [0.29, 0.717) is 23.7 Å². The molecule has 0 bridgehead atoms. The molecule has 6 nitrogen and oxygen atoms in total. The second-order valence-corrected chi connectivity index (χ2v) is 6.56. The van der Waals surface area contributed by atoms with Crippen molar-refractivity contribution in [3.8, 4) is 0 Å². The van der Waals surface area contributed by atoms with E-state index in [1.165, 1.54) is 0 Å². The second kappa shape index (κ2) is 6.20. The molecule has 0 aromatic carbocycles. The average molecular weight is 333 g/mol. The molecule has 0 fully saturated rings. The van der Waals surface area contributed by atoms with Crippen LogP contribution in [0.1, 0.15) is 50.9 Å². The van der Waals surface area contributed by atoms with Crippen LogP contribution in [0.2, 0.25) is 5.15 Å². The Hall–Kier alpha value is -2.08. The first-order valence-electron chi connectivity index (χ1n) is 7.77. The third-order valence-electron chi connectivity index (χ3n) is 3.78. The topological polar surface area (TPSA) is 60.0 Å². The fourth-order valence-corrected chi connectivity index (χ4v) is 2.79. The Labute approximate surface area is 140 Å². The summed E-state index contributed by atoms with van der Waals surface area (Å²) < 4.78 is 3.80. The van der Waals surface area contributed by atoms with E-state index in [0.717, 1.165) is 22.7 Å². The van der Waals surface area contributed by atoms with Crippen molar-refractivity contribution in [2.24, 2.45) is 0 Å². The van der Waals surface area contributed by atoms with Crippen molar-refractivity contribution in [3.63, 3.8) is 0 Å². The fourth-order valence-electron chi connectivity index (χ4n) is 2.61. The van der Waals surface area contributed by atoms with E-state index in [-0.39, 0.29) is 0 Å². The molecule has 0 unspecified atom stereocenters. The predicted molar refractivity (Wildman–Crippen MR) is 92.0 cm³/mol. The van der Waals surface area contributed by atoms with Crippen LogP contribution in [0.25, 0.3) is 5.65 Å². The zero-order chi connectivity index (χ0) is 16.6. The molecule has 0 aliphatic heterocycles. The lowest BCUT2D eigenvalue weighted by molar-refractivity contribution is 0.512. The van der Waals surface area contributed by atoms with Gasteiger partial charge in [-0.1, -0.05) is 25.4 Å². The highest BCUT2D eigenvalue weighted by atomic mass is 35.5. The third kappa shape index (κ3) is 3.03. The Balaban J connectivity index is 1.92. The molecule has 23 heavy (non-hydrogen) atoms. The first-order valence-corrected chi connectivity index (χ1v) is 8.15. The SMILES string of the molecule is CC(C)c1cnn2c(NCc3ccnn3C(C)C)cc(Cl)nc12. The summed E-state index contributed by atoms with van der Waals surface area (Å²) in [7, 11) is 0. The number of rotatable bonds is 5. The van der Waals surface area contributed by atoms with E-state index in [1.807, 2.05) is 23.1 Å². The standard InChI is InChI=1S/C16H21ClN6/c1-10(2)13-9-20-23-15(7-14(17)21-16(13)23)18-8-12-5-6-19-22(12)11(3)4/h5-7,9-11,18H,8H2,1-4H3. The van der Waals surface area contributed by atoms with Gasteiger partial charge >= 0.3 is 0 Å². The summed E-state index contributed by atoms with van der Waals surface area (Å²) in [4.78, 5) is 4.42. The van der Waals surface area contributed by atoms with E-state index in [9.17, 15) is 0 Å². The summed E-state index contributed by atoms with van der Waals surface area (Å²) in [5.74, 6) is 1.16.